The van der Waals surface area contributed by atoms with Crippen LogP contribution in [0.5, 0.6) is 0 Å². The van der Waals surface area contributed by atoms with Crippen molar-refractivity contribution in [2.75, 3.05) is 5.75 Å². The molecule has 1 aromatic rings. The van der Waals surface area contributed by atoms with E-state index in [4.69, 9.17) is 10.8 Å². The number of aliphatic carboxylic acids is 2. The summed E-state index contributed by atoms with van der Waals surface area (Å²) in [6.45, 7) is 3.54. The molecule has 0 aromatic heterocycles. The van der Waals surface area contributed by atoms with Crippen molar-refractivity contribution in [1.82, 2.24) is 16.0 Å². The summed E-state index contributed by atoms with van der Waals surface area (Å²) in [6, 6.07) is 4.30. The van der Waals surface area contributed by atoms with Crippen LogP contribution in [0.25, 0.3) is 0 Å². The lowest BCUT2D eigenvalue weighted by Crippen LogP contribution is -2.59. The van der Waals surface area contributed by atoms with Crippen LogP contribution < -0.4 is 21.7 Å². The van der Waals surface area contributed by atoms with Crippen LogP contribution in [0.2, 0.25) is 0 Å². The fourth-order valence-electron chi connectivity index (χ4n) is 3.15. The fourth-order valence-corrected chi connectivity index (χ4v) is 3.40. The van der Waals surface area contributed by atoms with Crippen LogP contribution in [-0.2, 0) is 30.4 Å². The second-order valence-electron chi connectivity index (χ2n) is 8.24. The molecule has 3 amide bonds. The van der Waals surface area contributed by atoms with Gasteiger partial charge in [0.2, 0.25) is 17.7 Å². The zero-order valence-electron chi connectivity index (χ0n) is 19.8. The van der Waals surface area contributed by atoms with E-state index in [1.54, 1.807) is 37.3 Å². The highest BCUT2D eigenvalue weighted by Crippen LogP contribution is 2.11. The Morgan fingerprint density at radius 2 is 1.54 bits per heavy atom. The first kappa shape index (κ1) is 29.9. The van der Waals surface area contributed by atoms with Crippen molar-refractivity contribution in [3.63, 3.8) is 0 Å². The summed E-state index contributed by atoms with van der Waals surface area (Å²) >= 11 is 3.94. The van der Waals surface area contributed by atoms with Gasteiger partial charge in [0.15, 0.2) is 0 Å². The molecule has 5 atom stereocenters. The number of nitrogens with one attached hydrogen (secondary N) is 3. The van der Waals surface area contributed by atoms with Crippen molar-refractivity contribution in [3.8, 4) is 0 Å². The zero-order chi connectivity index (χ0) is 26.5. The summed E-state index contributed by atoms with van der Waals surface area (Å²) in [5, 5.41) is 25.6. The van der Waals surface area contributed by atoms with Gasteiger partial charge in [-0.05, 0) is 17.9 Å². The maximum Gasteiger partial charge on any atom is 0.327 e. The van der Waals surface area contributed by atoms with E-state index in [1.165, 1.54) is 0 Å². The first-order chi connectivity index (χ1) is 16.5. The second kappa shape index (κ2) is 15.0. The quantitative estimate of drug-likeness (QED) is 0.160. The number of carbonyl (C=O) groups is 5. The van der Waals surface area contributed by atoms with E-state index in [0.717, 1.165) is 5.56 Å². The summed E-state index contributed by atoms with van der Waals surface area (Å²) in [4.78, 5) is 60.7. The van der Waals surface area contributed by atoms with Crippen LogP contribution in [0.1, 0.15) is 38.7 Å². The second-order valence-corrected chi connectivity index (χ2v) is 8.61. The van der Waals surface area contributed by atoms with E-state index >= 15 is 0 Å². The summed E-state index contributed by atoms with van der Waals surface area (Å²) in [5.74, 6) is -4.89. The van der Waals surface area contributed by atoms with Crippen molar-refractivity contribution in [2.24, 2.45) is 11.7 Å². The molecule has 5 unspecified atom stereocenters. The predicted octanol–water partition coefficient (Wildman–Crippen LogP) is -0.0639. The van der Waals surface area contributed by atoms with Gasteiger partial charge in [-0.3, -0.25) is 19.2 Å². The standard InChI is InChI=1S/C23H34N4O7S/c1-3-13(2)19(22(32)26-17(12-35)23(33)34)27-21(31)16(11-14-7-5-4-6-8-14)25-20(30)15(24)9-10-18(28)29/h4-8,13,15-17,19,35H,3,9-12,24H2,1-2H3,(H,25,30)(H,26,32)(H,27,31)(H,28,29)(H,33,34). The molecule has 0 aliphatic carbocycles. The molecule has 35 heavy (non-hydrogen) atoms. The minimum Gasteiger partial charge on any atom is -0.481 e. The Kier molecular flexibility index (Phi) is 12.8. The molecular formula is C23H34N4O7S. The molecule has 0 aliphatic heterocycles. The maximum absolute atomic E-state index is 13.2. The van der Waals surface area contributed by atoms with E-state index in [0.29, 0.717) is 6.42 Å². The summed E-state index contributed by atoms with van der Waals surface area (Å²) in [7, 11) is 0. The maximum atomic E-state index is 13.2. The van der Waals surface area contributed by atoms with Gasteiger partial charge in [-0.2, -0.15) is 12.6 Å². The minimum atomic E-state index is -1.26. The normalized spacial score (nSPS) is 15.1. The van der Waals surface area contributed by atoms with E-state index in [2.05, 4.69) is 28.6 Å². The lowest BCUT2D eigenvalue weighted by Gasteiger charge is -2.28. The molecule has 0 aliphatic rings. The number of hydrogen-bond acceptors (Lipinski definition) is 7. The molecule has 0 saturated heterocycles. The Hall–Kier alpha value is -3.12. The summed E-state index contributed by atoms with van der Waals surface area (Å²) in [6.07, 6.45) is 0.176. The van der Waals surface area contributed by atoms with Crippen molar-refractivity contribution in [1.29, 1.82) is 0 Å². The topological polar surface area (TPSA) is 188 Å². The average molecular weight is 511 g/mol. The molecule has 0 fully saturated rings. The smallest absolute Gasteiger partial charge is 0.327 e. The van der Waals surface area contributed by atoms with Crippen molar-refractivity contribution in [2.45, 2.75) is 63.7 Å². The number of hydrogen-bond donors (Lipinski definition) is 7. The Bertz CT molecular complexity index is 884. The van der Waals surface area contributed by atoms with Crippen LogP contribution in [-0.4, -0.2) is 69.8 Å². The highest BCUT2D eigenvalue weighted by Gasteiger charge is 2.32. The van der Waals surface area contributed by atoms with E-state index in [-0.39, 0.29) is 30.9 Å². The van der Waals surface area contributed by atoms with Gasteiger partial charge in [0.05, 0.1) is 6.04 Å². The number of rotatable bonds is 15. The highest BCUT2D eigenvalue weighted by molar-refractivity contribution is 7.80. The lowest BCUT2D eigenvalue weighted by atomic mass is 9.96. The SMILES string of the molecule is CCC(C)C(NC(=O)C(Cc1ccccc1)NC(=O)C(N)CCC(=O)O)C(=O)NC(CS)C(=O)O. The molecule has 0 radical (unpaired) electrons. The van der Waals surface area contributed by atoms with E-state index < -0.39 is 53.8 Å². The first-order valence-corrected chi connectivity index (χ1v) is 11.9. The molecule has 7 N–H and O–H groups in total. The first-order valence-electron chi connectivity index (χ1n) is 11.3. The number of benzene rings is 1. The molecule has 0 bridgehead atoms. The van der Waals surface area contributed by atoms with E-state index in [1.807, 2.05) is 6.92 Å². The Balaban J connectivity index is 3.08. The van der Waals surface area contributed by atoms with Gasteiger partial charge >= 0.3 is 11.9 Å². The van der Waals surface area contributed by atoms with Crippen molar-refractivity contribution >= 4 is 42.3 Å². The molecule has 0 spiro atoms. The van der Waals surface area contributed by atoms with Gasteiger partial charge in [0, 0.05) is 18.6 Å². The molecule has 0 heterocycles. The van der Waals surface area contributed by atoms with Crippen molar-refractivity contribution in [3.05, 3.63) is 35.9 Å². The number of carbonyl (C=O) groups excluding carboxylic acids is 3. The van der Waals surface area contributed by atoms with Gasteiger partial charge in [-0.15, -0.1) is 0 Å². The summed E-state index contributed by atoms with van der Waals surface area (Å²) < 4.78 is 0. The van der Waals surface area contributed by atoms with Crippen LogP contribution in [0.3, 0.4) is 0 Å². The van der Waals surface area contributed by atoms with Gasteiger partial charge in [-0.1, -0.05) is 50.6 Å². The monoisotopic (exact) mass is 510 g/mol. The van der Waals surface area contributed by atoms with Gasteiger partial charge in [-0.25, -0.2) is 4.79 Å². The van der Waals surface area contributed by atoms with Crippen LogP contribution >= 0.6 is 12.6 Å². The predicted molar refractivity (Wildman–Crippen MR) is 132 cm³/mol. The van der Waals surface area contributed by atoms with Crippen LogP contribution in [0, 0.1) is 5.92 Å². The minimum absolute atomic E-state index is 0.0906. The molecule has 12 heteroatoms. The molecule has 0 saturated carbocycles. The molecule has 1 aromatic carbocycles. The molecule has 11 nitrogen and oxygen atoms in total. The zero-order valence-corrected chi connectivity index (χ0v) is 20.7. The third-order valence-electron chi connectivity index (χ3n) is 5.51. The van der Waals surface area contributed by atoms with Gasteiger partial charge < -0.3 is 31.9 Å². The van der Waals surface area contributed by atoms with E-state index in [9.17, 15) is 29.1 Å². The molecule has 1 rings (SSSR count). The van der Waals surface area contributed by atoms with Crippen LogP contribution in [0.4, 0.5) is 0 Å². The largest absolute Gasteiger partial charge is 0.481 e. The number of amides is 3. The van der Waals surface area contributed by atoms with Crippen LogP contribution in [0.15, 0.2) is 30.3 Å². The lowest BCUT2D eigenvalue weighted by molar-refractivity contribution is -0.142. The van der Waals surface area contributed by atoms with Gasteiger partial charge in [0.25, 0.3) is 0 Å². The van der Waals surface area contributed by atoms with Gasteiger partial charge in [0.1, 0.15) is 18.1 Å². The fraction of sp³-hybridized carbons (Fsp3) is 0.522. The number of carboxylic acids is 2. The Morgan fingerprint density at radius 3 is 2.06 bits per heavy atom. The number of carboxylic acid groups (broad SMARTS) is 2. The molecule has 194 valence electrons. The number of nitrogens with two attached hydrogens (primary N) is 1. The molecular weight excluding hydrogens is 476 g/mol. The highest BCUT2D eigenvalue weighted by atomic mass is 32.1. The third-order valence-corrected chi connectivity index (χ3v) is 5.88. The number of thiol groups is 1. The third kappa shape index (κ3) is 10.4. The Morgan fingerprint density at radius 1 is 0.943 bits per heavy atom. The average Bonchev–Trinajstić information content (AvgIpc) is 2.83. The summed E-state index contributed by atoms with van der Waals surface area (Å²) in [5.41, 5.74) is 6.52. The Labute approximate surface area is 209 Å². The van der Waals surface area contributed by atoms with Crippen molar-refractivity contribution < 1.29 is 34.2 Å².